The fourth-order valence-corrected chi connectivity index (χ4v) is 2.47. The van der Waals surface area contributed by atoms with Gasteiger partial charge in [-0.25, -0.2) is 4.98 Å². The summed E-state index contributed by atoms with van der Waals surface area (Å²) in [5.41, 5.74) is 3.02. The molecule has 4 rings (SSSR count). The molecule has 100 valence electrons. The zero-order chi connectivity index (χ0) is 14.2. The molecule has 4 nitrogen and oxygen atoms in total. The molecule has 0 aliphatic heterocycles. The average molecular weight is 273 g/mol. The highest BCUT2D eigenvalue weighted by Gasteiger charge is 2.06. The van der Waals surface area contributed by atoms with Gasteiger partial charge >= 0.3 is 0 Å². The molecule has 1 aromatic carbocycles. The summed E-state index contributed by atoms with van der Waals surface area (Å²) in [5, 5.41) is 2.08. The lowest BCUT2D eigenvalue weighted by Crippen LogP contribution is -2.04. The van der Waals surface area contributed by atoms with Crippen LogP contribution in [0.1, 0.15) is 0 Å². The molecule has 0 bridgehead atoms. The Bertz CT molecular complexity index is 1020. The molecular formula is C17H11N3O. The molecule has 0 spiro atoms. The number of hydrogen-bond acceptors (Lipinski definition) is 3. The molecule has 0 saturated carbocycles. The highest BCUT2D eigenvalue weighted by Crippen LogP contribution is 2.24. The monoisotopic (exact) mass is 273 g/mol. The fourth-order valence-electron chi connectivity index (χ4n) is 2.47. The molecule has 0 fully saturated rings. The molecule has 3 aromatic heterocycles. The molecule has 21 heavy (non-hydrogen) atoms. The summed E-state index contributed by atoms with van der Waals surface area (Å²) in [6.45, 7) is 0. The molecule has 0 aliphatic carbocycles. The second-order valence-electron chi connectivity index (χ2n) is 4.84. The van der Waals surface area contributed by atoms with Crippen LogP contribution in [0.15, 0.2) is 65.6 Å². The summed E-state index contributed by atoms with van der Waals surface area (Å²) in [6, 6.07) is 16.9. The molecule has 0 aliphatic rings. The molecule has 0 saturated heterocycles. The van der Waals surface area contributed by atoms with Crippen molar-refractivity contribution in [3.05, 3.63) is 71.1 Å². The number of H-pyrrole nitrogens is 1. The quantitative estimate of drug-likeness (QED) is 0.542. The highest BCUT2D eigenvalue weighted by molar-refractivity contribution is 6.03. The first-order chi connectivity index (χ1) is 10.3. The summed E-state index contributed by atoms with van der Waals surface area (Å²) in [6.07, 6.45) is 1.76. The lowest BCUT2D eigenvalue weighted by atomic mass is 10.1. The number of aromatic nitrogens is 3. The topological polar surface area (TPSA) is 58.6 Å². The van der Waals surface area contributed by atoms with Gasteiger partial charge in [-0.1, -0.05) is 30.3 Å². The highest BCUT2D eigenvalue weighted by atomic mass is 16.1. The van der Waals surface area contributed by atoms with Gasteiger partial charge in [-0.15, -0.1) is 0 Å². The van der Waals surface area contributed by atoms with Crippen LogP contribution in [0, 0.1) is 0 Å². The lowest BCUT2D eigenvalue weighted by molar-refractivity contribution is 1.21. The zero-order valence-corrected chi connectivity index (χ0v) is 11.1. The molecule has 4 aromatic rings. The number of fused-ring (bicyclic) bond motifs is 3. The number of aromatic amines is 1. The Hall–Kier alpha value is -3.01. The Balaban J connectivity index is 2.04. The van der Waals surface area contributed by atoms with E-state index in [1.54, 1.807) is 12.3 Å². The summed E-state index contributed by atoms with van der Waals surface area (Å²) in [5.74, 6) is 0. The normalized spacial score (nSPS) is 11.0. The molecule has 0 unspecified atom stereocenters. The predicted octanol–water partition coefficient (Wildman–Crippen LogP) is 3.14. The maximum Gasteiger partial charge on any atom is 0.248 e. The first-order valence-corrected chi connectivity index (χ1v) is 6.65. The van der Waals surface area contributed by atoms with Gasteiger partial charge in [0.1, 0.15) is 0 Å². The van der Waals surface area contributed by atoms with Crippen molar-refractivity contribution in [3.8, 4) is 11.4 Å². The minimum atomic E-state index is -0.134. The van der Waals surface area contributed by atoms with Gasteiger partial charge < -0.3 is 4.98 Å². The van der Waals surface area contributed by atoms with E-state index < -0.39 is 0 Å². The van der Waals surface area contributed by atoms with Crippen molar-refractivity contribution in [1.82, 2.24) is 15.0 Å². The summed E-state index contributed by atoms with van der Waals surface area (Å²) in [4.78, 5) is 23.4. The van der Waals surface area contributed by atoms with Gasteiger partial charge in [0, 0.05) is 23.0 Å². The average Bonchev–Trinajstić information content (AvgIpc) is 2.54. The van der Waals surface area contributed by atoms with E-state index in [1.807, 2.05) is 42.5 Å². The molecule has 0 atom stereocenters. The molecule has 0 radical (unpaired) electrons. The number of benzene rings is 1. The fraction of sp³-hybridized carbons (Fsp3) is 0. The molecular weight excluding hydrogens is 262 g/mol. The number of rotatable bonds is 1. The largest absolute Gasteiger partial charge is 0.321 e. The van der Waals surface area contributed by atoms with Crippen LogP contribution in [-0.2, 0) is 0 Å². The standard InChI is InChI=1S/C17H11N3O/c21-15-5-1-4-13(19-15)14-9-8-12-7-6-11-3-2-10-18-16(11)17(12)20-14/h1-10H,(H,19,21). The van der Waals surface area contributed by atoms with Crippen LogP contribution >= 0.6 is 0 Å². The van der Waals surface area contributed by atoms with Crippen LogP contribution in [0.3, 0.4) is 0 Å². The zero-order valence-electron chi connectivity index (χ0n) is 11.1. The Morgan fingerprint density at radius 1 is 0.810 bits per heavy atom. The van der Waals surface area contributed by atoms with E-state index in [1.165, 1.54) is 6.07 Å². The molecule has 0 amide bonds. The van der Waals surface area contributed by atoms with E-state index in [2.05, 4.69) is 15.0 Å². The van der Waals surface area contributed by atoms with Gasteiger partial charge in [0.25, 0.3) is 0 Å². The second-order valence-corrected chi connectivity index (χ2v) is 4.84. The third-order valence-corrected chi connectivity index (χ3v) is 3.48. The van der Waals surface area contributed by atoms with Gasteiger partial charge in [-0.2, -0.15) is 0 Å². The Morgan fingerprint density at radius 2 is 1.62 bits per heavy atom. The van der Waals surface area contributed by atoms with E-state index in [0.717, 1.165) is 27.5 Å². The Morgan fingerprint density at radius 3 is 2.48 bits per heavy atom. The predicted molar refractivity (Wildman–Crippen MR) is 83.1 cm³/mol. The minimum absolute atomic E-state index is 0.134. The Labute approximate surface area is 120 Å². The van der Waals surface area contributed by atoms with Gasteiger partial charge in [-0.3, -0.25) is 9.78 Å². The molecule has 1 N–H and O–H groups in total. The SMILES string of the molecule is O=c1cccc(-c2ccc3ccc4cccnc4c3n2)[nH]1. The smallest absolute Gasteiger partial charge is 0.248 e. The minimum Gasteiger partial charge on any atom is -0.321 e. The van der Waals surface area contributed by atoms with Gasteiger partial charge in [-0.05, 0) is 18.2 Å². The van der Waals surface area contributed by atoms with E-state index in [-0.39, 0.29) is 5.56 Å². The van der Waals surface area contributed by atoms with Crippen LogP contribution < -0.4 is 5.56 Å². The van der Waals surface area contributed by atoms with Crippen molar-refractivity contribution in [2.24, 2.45) is 0 Å². The van der Waals surface area contributed by atoms with E-state index >= 15 is 0 Å². The van der Waals surface area contributed by atoms with E-state index in [4.69, 9.17) is 0 Å². The van der Waals surface area contributed by atoms with Crippen LogP contribution in [0.5, 0.6) is 0 Å². The second kappa shape index (κ2) is 4.52. The third kappa shape index (κ3) is 1.97. The summed E-state index contributed by atoms with van der Waals surface area (Å²) in [7, 11) is 0. The molecule has 3 heterocycles. The van der Waals surface area contributed by atoms with E-state index in [9.17, 15) is 4.79 Å². The van der Waals surface area contributed by atoms with Gasteiger partial charge in [0.2, 0.25) is 5.56 Å². The van der Waals surface area contributed by atoms with Crippen molar-refractivity contribution in [2.75, 3.05) is 0 Å². The maximum absolute atomic E-state index is 11.4. The molecule has 4 heteroatoms. The van der Waals surface area contributed by atoms with Crippen LogP contribution in [0.25, 0.3) is 33.2 Å². The van der Waals surface area contributed by atoms with Gasteiger partial charge in [0.05, 0.1) is 22.4 Å². The number of nitrogens with zero attached hydrogens (tertiary/aromatic N) is 2. The third-order valence-electron chi connectivity index (χ3n) is 3.48. The van der Waals surface area contributed by atoms with Gasteiger partial charge in [0.15, 0.2) is 0 Å². The summed E-state index contributed by atoms with van der Waals surface area (Å²) < 4.78 is 0. The van der Waals surface area contributed by atoms with Crippen LogP contribution in [0.4, 0.5) is 0 Å². The first kappa shape index (κ1) is 11.8. The van der Waals surface area contributed by atoms with Crippen LogP contribution in [0.2, 0.25) is 0 Å². The maximum atomic E-state index is 11.4. The van der Waals surface area contributed by atoms with Crippen molar-refractivity contribution >= 4 is 21.8 Å². The van der Waals surface area contributed by atoms with Crippen molar-refractivity contribution in [1.29, 1.82) is 0 Å². The number of hydrogen-bond donors (Lipinski definition) is 1. The number of nitrogens with one attached hydrogen (secondary N) is 1. The van der Waals surface area contributed by atoms with Crippen molar-refractivity contribution < 1.29 is 0 Å². The summed E-state index contributed by atoms with van der Waals surface area (Å²) >= 11 is 0. The Kier molecular flexibility index (Phi) is 2.54. The lowest BCUT2D eigenvalue weighted by Gasteiger charge is -2.05. The first-order valence-electron chi connectivity index (χ1n) is 6.65. The van der Waals surface area contributed by atoms with Crippen LogP contribution in [-0.4, -0.2) is 15.0 Å². The van der Waals surface area contributed by atoms with Crippen molar-refractivity contribution in [3.63, 3.8) is 0 Å². The van der Waals surface area contributed by atoms with E-state index in [0.29, 0.717) is 5.69 Å². The number of pyridine rings is 3. The van der Waals surface area contributed by atoms with Crippen molar-refractivity contribution in [2.45, 2.75) is 0 Å².